The van der Waals surface area contributed by atoms with Crippen LogP contribution in [0.1, 0.15) is 23.3 Å². The average Bonchev–Trinajstić information content (AvgIpc) is 2.38. The average molecular weight is 278 g/mol. The quantitative estimate of drug-likeness (QED) is 0.857. The van der Waals surface area contributed by atoms with Crippen LogP contribution >= 0.6 is 0 Å². The van der Waals surface area contributed by atoms with Gasteiger partial charge in [0.1, 0.15) is 5.82 Å². The summed E-state index contributed by atoms with van der Waals surface area (Å²) >= 11 is 0. The Labute approximate surface area is 112 Å². The molecule has 2 nitrogen and oxygen atoms in total. The van der Waals surface area contributed by atoms with E-state index in [1.807, 2.05) is 6.07 Å². The molecule has 19 heavy (non-hydrogen) atoms. The molecule has 0 bridgehead atoms. The van der Waals surface area contributed by atoms with E-state index in [4.69, 9.17) is 0 Å². The molecule has 0 aliphatic heterocycles. The van der Waals surface area contributed by atoms with Gasteiger partial charge in [0.05, 0.1) is 11.0 Å². The minimum atomic E-state index is -3.35. The molecule has 0 spiro atoms. The van der Waals surface area contributed by atoms with Crippen molar-refractivity contribution in [3.8, 4) is 0 Å². The zero-order chi connectivity index (χ0) is 13.9. The summed E-state index contributed by atoms with van der Waals surface area (Å²) in [4.78, 5) is 0. The van der Waals surface area contributed by atoms with Gasteiger partial charge in [0.2, 0.25) is 0 Å². The van der Waals surface area contributed by atoms with Crippen LogP contribution in [0.25, 0.3) is 0 Å². The van der Waals surface area contributed by atoms with Crippen LogP contribution in [0.3, 0.4) is 0 Å². The first-order valence-electron chi connectivity index (χ1n) is 6.00. The predicted octanol–water partition coefficient (Wildman–Crippen LogP) is 3.50. The van der Waals surface area contributed by atoms with Gasteiger partial charge in [-0.3, -0.25) is 0 Å². The molecule has 0 aliphatic rings. The standard InChI is InChI=1S/C15H15FO2S/c1-12(14-8-5-9-15(16)10-14)19(17,18)11-13-6-3-2-4-7-13/h2-10,12H,11H2,1H3. The summed E-state index contributed by atoms with van der Waals surface area (Å²) in [5.74, 6) is -0.454. The van der Waals surface area contributed by atoms with E-state index < -0.39 is 20.9 Å². The lowest BCUT2D eigenvalue weighted by Crippen LogP contribution is -2.13. The maximum absolute atomic E-state index is 13.1. The van der Waals surface area contributed by atoms with Crippen molar-refractivity contribution >= 4 is 9.84 Å². The molecule has 0 aromatic heterocycles. The molecule has 2 aromatic rings. The third-order valence-corrected chi connectivity index (χ3v) is 5.15. The fourth-order valence-electron chi connectivity index (χ4n) is 1.90. The van der Waals surface area contributed by atoms with Crippen LogP contribution < -0.4 is 0 Å². The van der Waals surface area contributed by atoms with Crippen LogP contribution in [0.15, 0.2) is 54.6 Å². The first-order valence-corrected chi connectivity index (χ1v) is 7.71. The molecule has 2 aromatic carbocycles. The summed E-state index contributed by atoms with van der Waals surface area (Å²) in [6.07, 6.45) is 0. The molecule has 4 heteroatoms. The summed E-state index contributed by atoms with van der Waals surface area (Å²) in [5, 5.41) is -0.719. The molecular weight excluding hydrogens is 263 g/mol. The van der Waals surface area contributed by atoms with E-state index in [0.717, 1.165) is 5.56 Å². The summed E-state index contributed by atoms with van der Waals surface area (Å²) in [6, 6.07) is 14.7. The summed E-state index contributed by atoms with van der Waals surface area (Å²) in [5.41, 5.74) is 1.22. The Morgan fingerprint density at radius 3 is 2.37 bits per heavy atom. The van der Waals surface area contributed by atoms with E-state index >= 15 is 0 Å². The maximum Gasteiger partial charge on any atom is 0.161 e. The number of hydrogen-bond donors (Lipinski definition) is 0. The second-order valence-corrected chi connectivity index (χ2v) is 6.81. The number of halogens is 1. The molecule has 0 amide bonds. The van der Waals surface area contributed by atoms with Crippen LogP contribution in [0, 0.1) is 5.82 Å². The summed E-state index contributed by atoms with van der Waals surface area (Å²) in [7, 11) is -3.35. The Kier molecular flexibility index (Phi) is 4.00. The molecule has 0 radical (unpaired) electrons. The van der Waals surface area contributed by atoms with Gasteiger partial charge in [-0.05, 0) is 30.2 Å². The minimum absolute atomic E-state index is 0.0362. The van der Waals surface area contributed by atoms with Crippen LogP contribution in [0.5, 0.6) is 0 Å². The van der Waals surface area contributed by atoms with Gasteiger partial charge in [-0.25, -0.2) is 12.8 Å². The highest BCUT2D eigenvalue weighted by Gasteiger charge is 2.23. The first-order chi connectivity index (χ1) is 8.99. The van der Waals surface area contributed by atoms with Gasteiger partial charge in [0.25, 0.3) is 0 Å². The van der Waals surface area contributed by atoms with Gasteiger partial charge in [0, 0.05) is 0 Å². The van der Waals surface area contributed by atoms with E-state index in [1.54, 1.807) is 37.3 Å². The largest absolute Gasteiger partial charge is 0.228 e. The number of benzene rings is 2. The highest BCUT2D eigenvalue weighted by Crippen LogP contribution is 2.25. The second-order valence-electron chi connectivity index (χ2n) is 4.49. The van der Waals surface area contributed by atoms with Crippen molar-refractivity contribution in [1.29, 1.82) is 0 Å². The van der Waals surface area contributed by atoms with Gasteiger partial charge >= 0.3 is 0 Å². The molecule has 0 saturated heterocycles. The Morgan fingerprint density at radius 1 is 1.05 bits per heavy atom. The molecule has 0 aliphatic carbocycles. The van der Waals surface area contributed by atoms with Gasteiger partial charge in [-0.1, -0.05) is 42.5 Å². The van der Waals surface area contributed by atoms with Crippen LogP contribution in [-0.4, -0.2) is 8.42 Å². The lowest BCUT2D eigenvalue weighted by atomic mass is 10.2. The van der Waals surface area contributed by atoms with Crippen molar-refractivity contribution < 1.29 is 12.8 Å². The van der Waals surface area contributed by atoms with Gasteiger partial charge in [-0.15, -0.1) is 0 Å². The molecule has 1 atom stereocenters. The minimum Gasteiger partial charge on any atom is -0.228 e. The van der Waals surface area contributed by atoms with E-state index in [9.17, 15) is 12.8 Å². The second kappa shape index (κ2) is 5.53. The van der Waals surface area contributed by atoms with E-state index in [0.29, 0.717) is 5.56 Å². The fourth-order valence-corrected chi connectivity index (χ4v) is 3.37. The normalized spacial score (nSPS) is 13.2. The highest BCUT2D eigenvalue weighted by molar-refractivity contribution is 7.90. The lowest BCUT2D eigenvalue weighted by Gasteiger charge is -2.13. The van der Waals surface area contributed by atoms with Crippen molar-refractivity contribution in [2.75, 3.05) is 0 Å². The van der Waals surface area contributed by atoms with Crippen molar-refractivity contribution in [1.82, 2.24) is 0 Å². The Hall–Kier alpha value is -1.68. The van der Waals surface area contributed by atoms with Gasteiger partial charge in [0.15, 0.2) is 9.84 Å². The molecular formula is C15H15FO2S. The van der Waals surface area contributed by atoms with Crippen LogP contribution in [-0.2, 0) is 15.6 Å². The molecule has 2 rings (SSSR count). The Morgan fingerprint density at radius 2 is 1.74 bits per heavy atom. The Balaban J connectivity index is 2.25. The van der Waals surface area contributed by atoms with E-state index in [-0.39, 0.29) is 5.75 Å². The molecule has 100 valence electrons. The smallest absolute Gasteiger partial charge is 0.161 e. The topological polar surface area (TPSA) is 34.1 Å². The molecule has 1 unspecified atom stereocenters. The van der Waals surface area contributed by atoms with Crippen molar-refractivity contribution in [2.45, 2.75) is 17.9 Å². The Bertz CT molecular complexity index is 651. The zero-order valence-electron chi connectivity index (χ0n) is 10.6. The van der Waals surface area contributed by atoms with Crippen molar-refractivity contribution in [3.63, 3.8) is 0 Å². The summed E-state index contributed by atoms with van der Waals surface area (Å²) in [6.45, 7) is 1.59. The maximum atomic E-state index is 13.1. The SMILES string of the molecule is CC(c1cccc(F)c1)S(=O)(=O)Cc1ccccc1. The third-order valence-electron chi connectivity index (χ3n) is 3.07. The van der Waals surface area contributed by atoms with E-state index in [1.165, 1.54) is 18.2 Å². The highest BCUT2D eigenvalue weighted by atomic mass is 32.2. The molecule has 0 heterocycles. The molecule has 0 N–H and O–H groups in total. The lowest BCUT2D eigenvalue weighted by molar-refractivity contribution is 0.584. The number of rotatable bonds is 4. The molecule has 0 fully saturated rings. The van der Waals surface area contributed by atoms with Crippen molar-refractivity contribution in [3.05, 3.63) is 71.5 Å². The number of hydrogen-bond acceptors (Lipinski definition) is 2. The fraction of sp³-hybridized carbons (Fsp3) is 0.200. The van der Waals surface area contributed by atoms with Crippen LogP contribution in [0.2, 0.25) is 0 Å². The predicted molar refractivity (Wildman–Crippen MR) is 73.9 cm³/mol. The zero-order valence-corrected chi connectivity index (χ0v) is 11.4. The monoisotopic (exact) mass is 278 g/mol. The van der Waals surface area contributed by atoms with E-state index in [2.05, 4.69) is 0 Å². The number of sulfone groups is 1. The van der Waals surface area contributed by atoms with Crippen LogP contribution in [0.4, 0.5) is 4.39 Å². The summed E-state index contributed by atoms with van der Waals surface area (Å²) < 4.78 is 37.7. The third kappa shape index (κ3) is 3.41. The molecule has 0 saturated carbocycles. The first kappa shape index (κ1) is 13.7. The van der Waals surface area contributed by atoms with Gasteiger partial charge < -0.3 is 0 Å². The van der Waals surface area contributed by atoms with Crippen molar-refractivity contribution in [2.24, 2.45) is 0 Å². The van der Waals surface area contributed by atoms with Gasteiger partial charge in [-0.2, -0.15) is 0 Å².